The number of carbonyl (C=O) groups excluding carboxylic acids is 3. The summed E-state index contributed by atoms with van der Waals surface area (Å²) in [5.74, 6) is -1.05. The Morgan fingerprint density at radius 3 is 2.45 bits per heavy atom. The number of para-hydroxylation sites is 1. The average Bonchev–Trinajstić information content (AvgIpc) is 2.73. The summed E-state index contributed by atoms with van der Waals surface area (Å²) in [7, 11) is 0. The molecule has 1 fully saturated rings. The van der Waals surface area contributed by atoms with E-state index in [1.54, 1.807) is 24.8 Å². The lowest BCUT2D eigenvalue weighted by atomic mass is 9.94. The summed E-state index contributed by atoms with van der Waals surface area (Å²) in [5, 5.41) is 14.3. The maximum absolute atomic E-state index is 12.9. The molecule has 2 rings (SSSR count). The lowest BCUT2D eigenvalue weighted by molar-refractivity contribution is -0.385. The summed E-state index contributed by atoms with van der Waals surface area (Å²) < 4.78 is 5.19. The number of rotatable bonds is 9. The molecular weight excluding hydrogens is 402 g/mol. The standard InChI is InChI=1S/C22H31N3O6/c1-4-7-20(26)24-12-10-16(11-13-24)22(28)23-18(14-21(27)31-15(2)3)17-8-5-6-9-19(17)25(29)30/h5-6,8-9,15-16,18H,4,7,10-14H2,1-3H3,(H,23,28). The minimum atomic E-state index is -0.875. The molecule has 0 spiro atoms. The number of hydrogen-bond donors (Lipinski definition) is 1. The second-order valence-corrected chi connectivity index (χ2v) is 8.02. The fourth-order valence-electron chi connectivity index (χ4n) is 3.72. The van der Waals surface area contributed by atoms with Gasteiger partial charge in [0.1, 0.15) is 0 Å². The number of nitrogens with zero attached hydrogens (tertiary/aromatic N) is 2. The van der Waals surface area contributed by atoms with Gasteiger partial charge in [-0.2, -0.15) is 0 Å². The minimum Gasteiger partial charge on any atom is -0.463 e. The van der Waals surface area contributed by atoms with E-state index in [9.17, 15) is 24.5 Å². The number of amides is 2. The van der Waals surface area contributed by atoms with Gasteiger partial charge in [0, 0.05) is 31.5 Å². The molecule has 170 valence electrons. The number of nitrogens with one attached hydrogen (secondary N) is 1. The SMILES string of the molecule is CCCC(=O)N1CCC(C(=O)NC(CC(=O)OC(C)C)c2ccccc2[N+](=O)[O-])CC1. The van der Waals surface area contributed by atoms with Gasteiger partial charge in [0.05, 0.1) is 29.1 Å². The van der Waals surface area contributed by atoms with E-state index >= 15 is 0 Å². The molecule has 0 aromatic heterocycles. The van der Waals surface area contributed by atoms with Crippen LogP contribution in [0.4, 0.5) is 5.69 Å². The van der Waals surface area contributed by atoms with Gasteiger partial charge in [-0.3, -0.25) is 24.5 Å². The van der Waals surface area contributed by atoms with Crippen molar-refractivity contribution in [2.75, 3.05) is 13.1 Å². The van der Waals surface area contributed by atoms with Gasteiger partial charge in [-0.15, -0.1) is 0 Å². The number of ether oxygens (including phenoxy) is 1. The van der Waals surface area contributed by atoms with Crippen LogP contribution in [0.15, 0.2) is 24.3 Å². The number of carbonyl (C=O) groups is 3. The number of nitro groups is 1. The Kier molecular flexibility index (Phi) is 8.96. The highest BCUT2D eigenvalue weighted by molar-refractivity contribution is 5.81. The highest BCUT2D eigenvalue weighted by Crippen LogP contribution is 2.29. The van der Waals surface area contributed by atoms with Crippen LogP contribution in [0, 0.1) is 16.0 Å². The largest absolute Gasteiger partial charge is 0.463 e. The van der Waals surface area contributed by atoms with Crippen molar-refractivity contribution in [3.8, 4) is 0 Å². The summed E-state index contributed by atoms with van der Waals surface area (Å²) in [5.41, 5.74) is 0.0993. The topological polar surface area (TPSA) is 119 Å². The Morgan fingerprint density at radius 1 is 1.23 bits per heavy atom. The maximum atomic E-state index is 12.9. The van der Waals surface area contributed by atoms with Gasteiger partial charge in [0.2, 0.25) is 11.8 Å². The van der Waals surface area contributed by atoms with Crippen LogP contribution in [0.5, 0.6) is 0 Å². The van der Waals surface area contributed by atoms with Gasteiger partial charge >= 0.3 is 5.97 Å². The zero-order valence-corrected chi connectivity index (χ0v) is 18.3. The highest BCUT2D eigenvalue weighted by Gasteiger charge is 2.31. The highest BCUT2D eigenvalue weighted by atomic mass is 16.6. The van der Waals surface area contributed by atoms with E-state index in [4.69, 9.17) is 4.74 Å². The van der Waals surface area contributed by atoms with Crippen LogP contribution >= 0.6 is 0 Å². The fraction of sp³-hybridized carbons (Fsp3) is 0.591. The second kappa shape index (κ2) is 11.4. The Bertz CT molecular complexity index is 802. The average molecular weight is 434 g/mol. The number of esters is 1. The Morgan fingerprint density at radius 2 is 1.87 bits per heavy atom. The number of hydrogen-bond acceptors (Lipinski definition) is 6. The van der Waals surface area contributed by atoms with Crippen molar-refractivity contribution in [2.24, 2.45) is 5.92 Å². The summed E-state index contributed by atoms with van der Waals surface area (Å²) in [6.45, 7) is 6.38. The molecule has 0 radical (unpaired) electrons. The van der Waals surface area contributed by atoms with Gasteiger partial charge in [0.25, 0.3) is 5.69 Å². The first-order chi connectivity index (χ1) is 14.7. The molecule has 2 amide bonds. The van der Waals surface area contributed by atoms with Crippen LogP contribution < -0.4 is 5.32 Å². The first-order valence-electron chi connectivity index (χ1n) is 10.7. The van der Waals surface area contributed by atoms with Crippen LogP contribution in [-0.4, -0.2) is 46.8 Å². The predicted molar refractivity (Wildman–Crippen MR) is 114 cm³/mol. The quantitative estimate of drug-likeness (QED) is 0.363. The molecule has 9 heteroatoms. The minimum absolute atomic E-state index is 0.0931. The number of nitro benzene ring substituents is 1. The van der Waals surface area contributed by atoms with E-state index in [2.05, 4.69) is 5.32 Å². The molecule has 1 heterocycles. The van der Waals surface area contributed by atoms with Gasteiger partial charge < -0.3 is 15.0 Å². The molecule has 1 atom stereocenters. The molecule has 1 aliphatic heterocycles. The summed E-state index contributed by atoms with van der Waals surface area (Å²) in [6.07, 6.45) is 1.77. The van der Waals surface area contributed by atoms with Gasteiger partial charge in [-0.1, -0.05) is 25.1 Å². The maximum Gasteiger partial charge on any atom is 0.308 e. The van der Waals surface area contributed by atoms with Crippen molar-refractivity contribution >= 4 is 23.5 Å². The lowest BCUT2D eigenvalue weighted by Crippen LogP contribution is -2.44. The third kappa shape index (κ3) is 7.04. The van der Waals surface area contributed by atoms with Crippen molar-refractivity contribution in [2.45, 2.75) is 65.0 Å². The Balaban J connectivity index is 2.13. The van der Waals surface area contributed by atoms with Crippen LogP contribution in [-0.2, 0) is 19.1 Å². The molecule has 1 unspecified atom stereocenters. The summed E-state index contributed by atoms with van der Waals surface area (Å²) in [6, 6.07) is 5.18. The zero-order valence-electron chi connectivity index (χ0n) is 18.3. The number of benzene rings is 1. The van der Waals surface area contributed by atoms with E-state index in [0.717, 1.165) is 6.42 Å². The third-order valence-corrected chi connectivity index (χ3v) is 5.25. The molecule has 1 aliphatic rings. The van der Waals surface area contributed by atoms with E-state index in [1.165, 1.54) is 18.2 Å². The van der Waals surface area contributed by atoms with Crippen LogP contribution in [0.2, 0.25) is 0 Å². The first-order valence-corrected chi connectivity index (χ1v) is 10.7. The molecule has 1 aromatic rings. The molecule has 1 N–H and O–H groups in total. The van der Waals surface area contributed by atoms with Crippen molar-refractivity contribution < 1.29 is 24.0 Å². The Hall–Kier alpha value is -2.97. The van der Waals surface area contributed by atoms with Crippen molar-refractivity contribution in [1.29, 1.82) is 0 Å². The molecule has 1 saturated heterocycles. The van der Waals surface area contributed by atoms with Gasteiger partial charge in [0.15, 0.2) is 0 Å². The lowest BCUT2D eigenvalue weighted by Gasteiger charge is -2.32. The predicted octanol–water partition coefficient (Wildman–Crippen LogP) is 3.13. The molecule has 31 heavy (non-hydrogen) atoms. The summed E-state index contributed by atoms with van der Waals surface area (Å²) >= 11 is 0. The van der Waals surface area contributed by atoms with Gasteiger partial charge in [-0.05, 0) is 33.1 Å². The van der Waals surface area contributed by atoms with E-state index in [-0.39, 0.29) is 41.5 Å². The molecule has 1 aromatic carbocycles. The molecule has 0 saturated carbocycles. The third-order valence-electron chi connectivity index (χ3n) is 5.25. The van der Waals surface area contributed by atoms with Crippen LogP contribution in [0.1, 0.15) is 64.5 Å². The smallest absolute Gasteiger partial charge is 0.308 e. The fourth-order valence-corrected chi connectivity index (χ4v) is 3.72. The van der Waals surface area contributed by atoms with Crippen molar-refractivity contribution in [1.82, 2.24) is 10.2 Å². The van der Waals surface area contributed by atoms with Crippen molar-refractivity contribution in [3.63, 3.8) is 0 Å². The molecule has 0 aliphatic carbocycles. The van der Waals surface area contributed by atoms with Crippen molar-refractivity contribution in [3.05, 3.63) is 39.9 Å². The van der Waals surface area contributed by atoms with E-state index in [0.29, 0.717) is 32.4 Å². The zero-order chi connectivity index (χ0) is 23.0. The summed E-state index contributed by atoms with van der Waals surface area (Å²) in [4.78, 5) is 50.0. The Labute approximate surface area is 182 Å². The molecule has 9 nitrogen and oxygen atoms in total. The van der Waals surface area contributed by atoms with Crippen LogP contribution in [0.3, 0.4) is 0 Å². The first kappa shape index (κ1) is 24.3. The van der Waals surface area contributed by atoms with E-state index < -0.39 is 16.9 Å². The normalized spacial score (nSPS) is 15.4. The number of piperidine rings is 1. The molecule has 0 bridgehead atoms. The monoisotopic (exact) mass is 433 g/mol. The van der Waals surface area contributed by atoms with Gasteiger partial charge in [-0.25, -0.2) is 0 Å². The van der Waals surface area contributed by atoms with Crippen LogP contribution in [0.25, 0.3) is 0 Å². The molecular formula is C22H31N3O6. The number of likely N-dealkylation sites (tertiary alicyclic amines) is 1. The van der Waals surface area contributed by atoms with E-state index in [1.807, 2.05) is 6.92 Å². The second-order valence-electron chi connectivity index (χ2n) is 8.02.